The van der Waals surface area contributed by atoms with E-state index in [9.17, 15) is 0 Å². The Morgan fingerprint density at radius 3 is 2.73 bits per heavy atom. The molecular weight excluding hydrogens is 206 g/mol. The van der Waals surface area contributed by atoms with E-state index in [2.05, 4.69) is 23.8 Å². The summed E-state index contributed by atoms with van der Waals surface area (Å²) >= 11 is 4.87. The zero-order valence-electron chi connectivity index (χ0n) is 9.11. The van der Waals surface area contributed by atoms with E-state index in [0.29, 0.717) is 0 Å². The third-order valence-corrected chi connectivity index (χ3v) is 2.92. The van der Waals surface area contributed by atoms with E-state index in [-0.39, 0.29) is 0 Å². The van der Waals surface area contributed by atoms with Gasteiger partial charge < -0.3 is 0 Å². The molecule has 0 saturated heterocycles. The van der Waals surface area contributed by atoms with Gasteiger partial charge in [0, 0.05) is 23.0 Å². The zero-order chi connectivity index (χ0) is 11.0. The number of aromatic nitrogens is 3. The summed E-state index contributed by atoms with van der Waals surface area (Å²) in [6.07, 6.45) is 2.93. The predicted molar refractivity (Wildman–Crippen MR) is 64.6 cm³/mol. The van der Waals surface area contributed by atoms with E-state index in [4.69, 9.17) is 12.2 Å². The minimum absolute atomic E-state index is 0.735. The molecule has 0 fully saturated rings. The van der Waals surface area contributed by atoms with Gasteiger partial charge in [-0.25, -0.2) is 9.97 Å². The second kappa shape index (κ2) is 3.70. The van der Waals surface area contributed by atoms with Gasteiger partial charge in [0.05, 0.1) is 5.69 Å². The number of imidazole rings is 1. The molecule has 2 aromatic rings. The molecule has 0 aliphatic carbocycles. The molecule has 0 radical (unpaired) electrons. The number of hydrogen-bond donors (Lipinski definition) is 0. The van der Waals surface area contributed by atoms with Gasteiger partial charge in [-0.05, 0) is 25.8 Å². The highest BCUT2D eigenvalue weighted by Crippen LogP contribution is 2.15. The lowest BCUT2D eigenvalue weighted by Crippen LogP contribution is -2.02. The zero-order valence-corrected chi connectivity index (χ0v) is 9.93. The topological polar surface area (TPSA) is 30.2 Å². The van der Waals surface area contributed by atoms with Crippen LogP contribution in [0.4, 0.5) is 0 Å². The van der Waals surface area contributed by atoms with Crippen LogP contribution in [0.1, 0.15) is 29.6 Å². The van der Waals surface area contributed by atoms with Crippen molar-refractivity contribution in [2.24, 2.45) is 0 Å². The maximum atomic E-state index is 4.87. The number of aryl methyl sites for hydroxylation is 2. The third kappa shape index (κ3) is 1.55. The second-order valence-corrected chi connectivity index (χ2v) is 3.80. The number of hydrogen-bond acceptors (Lipinski definition) is 3. The Balaban J connectivity index is 2.81. The summed E-state index contributed by atoms with van der Waals surface area (Å²) in [5.41, 5.74) is 4.35. The lowest BCUT2D eigenvalue weighted by Gasteiger charge is -2.08. The average molecular weight is 219 g/mol. The van der Waals surface area contributed by atoms with Crippen LogP contribution in [0.2, 0.25) is 0 Å². The standard InChI is InChI=1S/C11H13N3S/c1-4-10-7(2)12-11-13-9(6-15)5-14(11)8(10)3/h5-6H,4H2,1-3H3. The van der Waals surface area contributed by atoms with Gasteiger partial charge in [-0.3, -0.25) is 4.40 Å². The molecule has 15 heavy (non-hydrogen) atoms. The van der Waals surface area contributed by atoms with Crippen LogP contribution in [0.25, 0.3) is 5.78 Å². The lowest BCUT2D eigenvalue weighted by atomic mass is 10.1. The van der Waals surface area contributed by atoms with Crippen molar-refractivity contribution in [2.45, 2.75) is 27.2 Å². The summed E-state index contributed by atoms with van der Waals surface area (Å²) in [7, 11) is 0. The number of thiocarbonyl (C=S) groups is 1. The highest BCUT2D eigenvalue weighted by atomic mass is 32.1. The van der Waals surface area contributed by atoms with Crippen LogP contribution in [0, 0.1) is 13.8 Å². The Kier molecular flexibility index (Phi) is 2.52. The fraction of sp³-hybridized carbons (Fsp3) is 0.364. The Morgan fingerprint density at radius 2 is 2.13 bits per heavy atom. The quantitative estimate of drug-likeness (QED) is 0.726. The second-order valence-electron chi connectivity index (χ2n) is 3.57. The van der Waals surface area contributed by atoms with Crippen molar-refractivity contribution in [3.8, 4) is 0 Å². The van der Waals surface area contributed by atoms with Gasteiger partial charge in [0.2, 0.25) is 5.78 Å². The predicted octanol–water partition coefficient (Wildman–Crippen LogP) is 2.26. The summed E-state index contributed by atoms with van der Waals surface area (Å²) in [5, 5.41) is 1.58. The highest BCUT2D eigenvalue weighted by molar-refractivity contribution is 7.79. The number of nitrogens with zero attached hydrogens (tertiary/aromatic N) is 3. The molecule has 0 bridgehead atoms. The summed E-state index contributed by atoms with van der Waals surface area (Å²) in [5.74, 6) is 0.735. The van der Waals surface area contributed by atoms with E-state index in [1.807, 2.05) is 17.5 Å². The molecule has 78 valence electrons. The van der Waals surface area contributed by atoms with E-state index in [1.165, 1.54) is 11.3 Å². The van der Waals surface area contributed by atoms with Gasteiger partial charge in [0.15, 0.2) is 0 Å². The molecule has 0 saturated carbocycles. The SMILES string of the molecule is CCc1c(C)nc2nc(C=S)cn2c1C. The van der Waals surface area contributed by atoms with Crippen molar-refractivity contribution < 1.29 is 0 Å². The Labute approximate surface area is 94.2 Å². The summed E-state index contributed by atoms with van der Waals surface area (Å²) in [4.78, 5) is 8.78. The molecular formula is C11H13N3S. The van der Waals surface area contributed by atoms with Crippen molar-refractivity contribution in [3.63, 3.8) is 0 Å². The molecule has 0 amide bonds. The van der Waals surface area contributed by atoms with E-state index in [0.717, 1.165) is 23.6 Å². The third-order valence-electron chi connectivity index (χ3n) is 2.68. The summed E-state index contributed by atoms with van der Waals surface area (Å²) < 4.78 is 2.00. The molecule has 0 unspecified atom stereocenters. The van der Waals surface area contributed by atoms with Gasteiger partial charge in [-0.2, -0.15) is 0 Å². The van der Waals surface area contributed by atoms with Crippen LogP contribution >= 0.6 is 12.2 Å². The molecule has 2 aromatic heterocycles. The van der Waals surface area contributed by atoms with Crippen molar-refractivity contribution >= 4 is 23.4 Å². The smallest absolute Gasteiger partial charge is 0.234 e. The molecule has 0 N–H and O–H groups in total. The Bertz CT molecular complexity index is 528. The lowest BCUT2D eigenvalue weighted by molar-refractivity contribution is 0.933. The van der Waals surface area contributed by atoms with Crippen LogP contribution in [0.5, 0.6) is 0 Å². The molecule has 3 nitrogen and oxygen atoms in total. The van der Waals surface area contributed by atoms with Crippen molar-refractivity contribution in [3.05, 3.63) is 28.8 Å². The molecule has 4 heteroatoms. The first-order valence-electron chi connectivity index (χ1n) is 4.97. The molecule has 0 spiro atoms. The fourth-order valence-electron chi connectivity index (χ4n) is 1.91. The van der Waals surface area contributed by atoms with Gasteiger partial charge in [-0.1, -0.05) is 19.1 Å². The minimum Gasteiger partial charge on any atom is -0.287 e. The van der Waals surface area contributed by atoms with Gasteiger partial charge in [0.25, 0.3) is 0 Å². The minimum atomic E-state index is 0.735. The number of rotatable bonds is 2. The summed E-state index contributed by atoms with van der Waals surface area (Å²) in [6, 6.07) is 0. The van der Waals surface area contributed by atoms with Gasteiger partial charge >= 0.3 is 0 Å². The molecule has 0 aromatic carbocycles. The molecule has 0 aliphatic rings. The van der Waals surface area contributed by atoms with Crippen LogP contribution < -0.4 is 0 Å². The van der Waals surface area contributed by atoms with E-state index >= 15 is 0 Å². The summed E-state index contributed by atoms with van der Waals surface area (Å²) in [6.45, 7) is 6.26. The fourth-order valence-corrected chi connectivity index (χ4v) is 2.02. The molecule has 2 rings (SSSR count). The number of fused-ring (bicyclic) bond motifs is 1. The van der Waals surface area contributed by atoms with Crippen molar-refractivity contribution in [2.75, 3.05) is 0 Å². The molecule has 0 atom stereocenters. The Hall–Kier alpha value is -1.29. The van der Waals surface area contributed by atoms with Gasteiger partial charge in [-0.15, -0.1) is 0 Å². The normalized spacial score (nSPS) is 10.9. The molecule has 0 aliphatic heterocycles. The van der Waals surface area contributed by atoms with Gasteiger partial charge in [0.1, 0.15) is 0 Å². The van der Waals surface area contributed by atoms with E-state index < -0.39 is 0 Å². The largest absolute Gasteiger partial charge is 0.287 e. The van der Waals surface area contributed by atoms with Crippen molar-refractivity contribution in [1.29, 1.82) is 0 Å². The first kappa shape index (κ1) is 10.2. The first-order chi connectivity index (χ1) is 7.17. The van der Waals surface area contributed by atoms with Crippen LogP contribution in [0.3, 0.4) is 0 Å². The average Bonchev–Trinajstić information content (AvgIpc) is 2.61. The highest BCUT2D eigenvalue weighted by Gasteiger charge is 2.09. The van der Waals surface area contributed by atoms with Crippen LogP contribution in [-0.4, -0.2) is 19.7 Å². The van der Waals surface area contributed by atoms with Crippen molar-refractivity contribution in [1.82, 2.24) is 14.4 Å². The Morgan fingerprint density at radius 1 is 1.40 bits per heavy atom. The first-order valence-corrected chi connectivity index (χ1v) is 5.44. The maximum absolute atomic E-state index is 4.87. The monoisotopic (exact) mass is 219 g/mol. The van der Waals surface area contributed by atoms with E-state index in [1.54, 1.807) is 5.37 Å². The van der Waals surface area contributed by atoms with Crippen LogP contribution in [-0.2, 0) is 6.42 Å². The van der Waals surface area contributed by atoms with Crippen LogP contribution in [0.15, 0.2) is 6.20 Å². The maximum Gasteiger partial charge on any atom is 0.234 e. The molecule has 2 heterocycles.